The number of hydrogen-bond acceptors (Lipinski definition) is 4. The van der Waals surface area contributed by atoms with E-state index in [0.717, 1.165) is 0 Å². The molecule has 2 aromatic carbocycles. The topological polar surface area (TPSA) is 67.9 Å². The van der Waals surface area contributed by atoms with Gasteiger partial charge in [-0.05, 0) is 24.3 Å². The predicted molar refractivity (Wildman–Crippen MR) is 105 cm³/mol. The van der Waals surface area contributed by atoms with Gasteiger partial charge in [0.25, 0.3) is 0 Å². The van der Waals surface area contributed by atoms with Crippen LogP contribution in [0.25, 0.3) is 0 Å². The molecular weight excluding hydrogens is 391 g/mol. The van der Waals surface area contributed by atoms with Crippen LogP contribution in [0.2, 0.25) is 10.0 Å². The van der Waals surface area contributed by atoms with Crippen molar-refractivity contribution in [2.24, 2.45) is 5.92 Å². The van der Waals surface area contributed by atoms with Crippen LogP contribution in [0, 0.1) is 5.92 Å². The molecule has 0 spiro atoms. The zero-order valence-corrected chi connectivity index (χ0v) is 16.3. The summed E-state index contributed by atoms with van der Waals surface area (Å²) in [6, 6.07) is 10.1. The van der Waals surface area contributed by atoms with E-state index in [1.54, 1.807) is 36.4 Å². The summed E-state index contributed by atoms with van der Waals surface area (Å²) in [6.45, 7) is 0.226. The summed E-state index contributed by atoms with van der Waals surface area (Å²) >= 11 is 12.1. The summed E-state index contributed by atoms with van der Waals surface area (Å²) in [5, 5.41) is 3.67. The van der Waals surface area contributed by atoms with Crippen molar-refractivity contribution in [1.29, 1.82) is 0 Å². The van der Waals surface area contributed by atoms with Crippen molar-refractivity contribution in [3.63, 3.8) is 0 Å². The Morgan fingerprint density at radius 3 is 2.56 bits per heavy atom. The number of benzene rings is 2. The van der Waals surface area contributed by atoms with Crippen LogP contribution in [0.1, 0.15) is 6.42 Å². The fourth-order valence-electron chi connectivity index (χ4n) is 2.98. The average Bonchev–Trinajstić information content (AvgIpc) is 3.03. The molecule has 0 unspecified atom stereocenters. The summed E-state index contributed by atoms with van der Waals surface area (Å²) in [4.78, 5) is 26.6. The van der Waals surface area contributed by atoms with Crippen molar-refractivity contribution in [3.05, 3.63) is 46.4 Å². The van der Waals surface area contributed by atoms with Gasteiger partial charge in [-0.3, -0.25) is 9.59 Å². The first kappa shape index (κ1) is 19.3. The average molecular weight is 409 g/mol. The maximum absolute atomic E-state index is 12.6. The van der Waals surface area contributed by atoms with Gasteiger partial charge in [0.1, 0.15) is 11.5 Å². The van der Waals surface area contributed by atoms with E-state index in [1.807, 2.05) is 0 Å². The van der Waals surface area contributed by atoms with Gasteiger partial charge < -0.3 is 19.7 Å². The Hall–Kier alpha value is -2.44. The minimum absolute atomic E-state index is 0.0964. The van der Waals surface area contributed by atoms with E-state index in [1.165, 1.54) is 19.1 Å². The number of methoxy groups -OCH3 is 2. The quantitative estimate of drug-likeness (QED) is 0.811. The normalized spacial score (nSPS) is 16.4. The fourth-order valence-corrected chi connectivity index (χ4v) is 3.41. The number of amides is 2. The molecule has 1 aliphatic heterocycles. The Morgan fingerprint density at radius 2 is 1.89 bits per heavy atom. The monoisotopic (exact) mass is 408 g/mol. The van der Waals surface area contributed by atoms with E-state index in [9.17, 15) is 9.59 Å². The van der Waals surface area contributed by atoms with Crippen LogP contribution in [0.5, 0.6) is 11.5 Å². The molecule has 1 saturated heterocycles. The SMILES string of the molecule is COc1cc(OC)c(N2C[C@@H](C(=O)Nc3cccc(Cl)c3)CC2=O)cc1Cl. The Balaban J connectivity index is 1.79. The zero-order chi connectivity index (χ0) is 19.6. The van der Waals surface area contributed by atoms with Gasteiger partial charge in [0.15, 0.2) is 0 Å². The van der Waals surface area contributed by atoms with Gasteiger partial charge in [0.2, 0.25) is 11.8 Å². The van der Waals surface area contributed by atoms with Crippen LogP contribution in [-0.4, -0.2) is 32.6 Å². The molecule has 3 rings (SSSR count). The van der Waals surface area contributed by atoms with Crippen molar-refractivity contribution >= 4 is 46.4 Å². The van der Waals surface area contributed by atoms with Crippen LogP contribution in [0.3, 0.4) is 0 Å². The number of nitrogens with zero attached hydrogens (tertiary/aromatic N) is 1. The molecule has 6 nitrogen and oxygen atoms in total. The number of carbonyl (C=O) groups excluding carboxylic acids is 2. The second-order valence-electron chi connectivity index (χ2n) is 6.06. The molecule has 27 heavy (non-hydrogen) atoms. The molecule has 0 radical (unpaired) electrons. The highest BCUT2D eigenvalue weighted by Crippen LogP contribution is 2.40. The van der Waals surface area contributed by atoms with Crippen molar-refractivity contribution in [3.8, 4) is 11.5 Å². The molecule has 1 heterocycles. The first-order valence-electron chi connectivity index (χ1n) is 8.21. The van der Waals surface area contributed by atoms with Crippen LogP contribution in [0.15, 0.2) is 36.4 Å². The molecule has 142 valence electrons. The minimum Gasteiger partial charge on any atom is -0.495 e. The molecule has 1 atom stereocenters. The molecular formula is C19H18Cl2N2O4. The lowest BCUT2D eigenvalue weighted by atomic mass is 10.1. The Morgan fingerprint density at radius 1 is 1.15 bits per heavy atom. The molecule has 0 bridgehead atoms. The summed E-state index contributed by atoms with van der Waals surface area (Å²) < 4.78 is 10.5. The number of rotatable bonds is 5. The lowest BCUT2D eigenvalue weighted by Crippen LogP contribution is -2.28. The maximum atomic E-state index is 12.6. The number of nitrogens with one attached hydrogen (secondary N) is 1. The largest absolute Gasteiger partial charge is 0.495 e. The Bertz CT molecular complexity index is 888. The van der Waals surface area contributed by atoms with E-state index in [0.29, 0.717) is 32.9 Å². The minimum atomic E-state index is -0.498. The first-order chi connectivity index (χ1) is 12.9. The van der Waals surface area contributed by atoms with Crippen LogP contribution < -0.4 is 19.7 Å². The second-order valence-corrected chi connectivity index (χ2v) is 6.91. The zero-order valence-electron chi connectivity index (χ0n) is 14.8. The predicted octanol–water partition coefficient (Wildman–Crippen LogP) is 4.00. The molecule has 1 N–H and O–H groups in total. The summed E-state index contributed by atoms with van der Waals surface area (Å²) in [6.07, 6.45) is 0.0964. The molecule has 0 saturated carbocycles. The van der Waals surface area contributed by atoms with E-state index in [2.05, 4.69) is 5.32 Å². The smallest absolute Gasteiger partial charge is 0.229 e. The van der Waals surface area contributed by atoms with Crippen molar-refractivity contribution < 1.29 is 19.1 Å². The van der Waals surface area contributed by atoms with E-state index >= 15 is 0 Å². The highest BCUT2D eigenvalue weighted by molar-refractivity contribution is 6.32. The number of ether oxygens (including phenoxy) is 2. The number of anilines is 2. The molecule has 2 aromatic rings. The maximum Gasteiger partial charge on any atom is 0.229 e. The molecule has 1 aliphatic rings. The van der Waals surface area contributed by atoms with Gasteiger partial charge in [-0.25, -0.2) is 0 Å². The molecule has 1 fully saturated rings. The van der Waals surface area contributed by atoms with Gasteiger partial charge in [-0.1, -0.05) is 29.3 Å². The van der Waals surface area contributed by atoms with E-state index < -0.39 is 5.92 Å². The molecule has 8 heteroatoms. The first-order valence-corrected chi connectivity index (χ1v) is 8.97. The van der Waals surface area contributed by atoms with Crippen LogP contribution in [-0.2, 0) is 9.59 Å². The van der Waals surface area contributed by atoms with Gasteiger partial charge >= 0.3 is 0 Å². The molecule has 0 aliphatic carbocycles. The molecule has 2 amide bonds. The second kappa shape index (κ2) is 8.06. The molecule has 0 aromatic heterocycles. The standard InChI is InChI=1S/C19H18Cl2N2O4/c1-26-16-9-17(27-2)15(8-14(16)21)23-10-11(6-18(23)24)19(25)22-13-5-3-4-12(20)7-13/h3-5,7-9,11H,6,10H2,1-2H3,(H,22,25)/t11-/m0/s1. The fraction of sp³-hybridized carbons (Fsp3) is 0.263. The van der Waals surface area contributed by atoms with Crippen LogP contribution >= 0.6 is 23.2 Å². The van der Waals surface area contributed by atoms with E-state index in [-0.39, 0.29) is 24.8 Å². The Kier molecular flexibility index (Phi) is 5.77. The third kappa shape index (κ3) is 4.12. The van der Waals surface area contributed by atoms with Crippen molar-refractivity contribution in [2.45, 2.75) is 6.42 Å². The third-order valence-electron chi connectivity index (χ3n) is 4.33. The summed E-state index contributed by atoms with van der Waals surface area (Å²) in [5.74, 6) is -0.0332. The number of carbonyl (C=O) groups is 2. The van der Waals surface area contributed by atoms with Crippen molar-refractivity contribution in [1.82, 2.24) is 0 Å². The Labute approximate surface area is 167 Å². The summed E-state index contributed by atoms with van der Waals surface area (Å²) in [5.41, 5.74) is 1.09. The highest BCUT2D eigenvalue weighted by atomic mass is 35.5. The highest BCUT2D eigenvalue weighted by Gasteiger charge is 2.36. The van der Waals surface area contributed by atoms with E-state index in [4.69, 9.17) is 32.7 Å². The van der Waals surface area contributed by atoms with Crippen LogP contribution in [0.4, 0.5) is 11.4 Å². The van der Waals surface area contributed by atoms with Gasteiger partial charge in [0, 0.05) is 29.7 Å². The number of hydrogen-bond donors (Lipinski definition) is 1. The summed E-state index contributed by atoms with van der Waals surface area (Å²) in [7, 11) is 2.99. The lowest BCUT2D eigenvalue weighted by Gasteiger charge is -2.21. The van der Waals surface area contributed by atoms with Crippen molar-refractivity contribution in [2.75, 3.05) is 31.0 Å². The lowest BCUT2D eigenvalue weighted by molar-refractivity contribution is -0.122. The number of halogens is 2. The van der Waals surface area contributed by atoms with Gasteiger partial charge in [0.05, 0.1) is 30.8 Å². The van der Waals surface area contributed by atoms with Gasteiger partial charge in [-0.2, -0.15) is 0 Å². The third-order valence-corrected chi connectivity index (χ3v) is 4.86. The van der Waals surface area contributed by atoms with Gasteiger partial charge in [-0.15, -0.1) is 0 Å².